The first-order valence-corrected chi connectivity index (χ1v) is 6.97. The predicted molar refractivity (Wildman–Crippen MR) is 83.0 cm³/mol. The Bertz CT molecular complexity index is 571. The van der Waals surface area contributed by atoms with Gasteiger partial charge in [-0.05, 0) is 50.6 Å². The van der Waals surface area contributed by atoms with Gasteiger partial charge in [0.1, 0.15) is 5.75 Å². The van der Waals surface area contributed by atoms with Gasteiger partial charge < -0.3 is 14.6 Å². The van der Waals surface area contributed by atoms with E-state index in [0.717, 1.165) is 36.6 Å². The third-order valence-corrected chi connectivity index (χ3v) is 3.76. The van der Waals surface area contributed by atoms with Crippen LogP contribution in [-0.4, -0.2) is 29.8 Å². The topological polar surface area (TPSA) is 60.2 Å². The molecular formula is C15H20ClN3O2. The Labute approximate surface area is 130 Å². The van der Waals surface area contributed by atoms with Gasteiger partial charge in [-0.25, -0.2) is 0 Å². The maximum Gasteiger partial charge on any atom is 0.230 e. The van der Waals surface area contributed by atoms with Gasteiger partial charge in [0, 0.05) is 17.5 Å². The van der Waals surface area contributed by atoms with Crippen LogP contribution < -0.4 is 10.1 Å². The maximum absolute atomic E-state index is 5.44. The first-order valence-electron chi connectivity index (χ1n) is 6.97. The summed E-state index contributed by atoms with van der Waals surface area (Å²) in [5, 5.41) is 7.52. The number of methoxy groups -OCH3 is 1. The lowest BCUT2D eigenvalue weighted by Crippen LogP contribution is -2.34. The van der Waals surface area contributed by atoms with E-state index in [1.54, 1.807) is 7.11 Å². The van der Waals surface area contributed by atoms with E-state index < -0.39 is 0 Å². The number of rotatable bonds is 3. The second kappa shape index (κ2) is 6.91. The summed E-state index contributed by atoms with van der Waals surface area (Å²) in [5.74, 6) is 2.59. The molecule has 1 aromatic heterocycles. The number of piperidine rings is 1. The Kier molecular flexibility index (Phi) is 5.20. The molecule has 0 amide bonds. The van der Waals surface area contributed by atoms with Crippen molar-refractivity contribution in [2.24, 2.45) is 0 Å². The molecule has 6 heteroatoms. The molecule has 2 heterocycles. The molecule has 0 spiro atoms. The normalized spacial score (nSPS) is 21.6. The van der Waals surface area contributed by atoms with Crippen LogP contribution in [0.15, 0.2) is 28.8 Å². The summed E-state index contributed by atoms with van der Waals surface area (Å²) in [6.45, 7) is 3.19. The van der Waals surface area contributed by atoms with Gasteiger partial charge in [-0.2, -0.15) is 4.98 Å². The van der Waals surface area contributed by atoms with E-state index in [1.807, 2.05) is 24.3 Å². The van der Waals surface area contributed by atoms with Gasteiger partial charge in [0.15, 0.2) is 0 Å². The van der Waals surface area contributed by atoms with E-state index in [1.165, 1.54) is 0 Å². The molecule has 21 heavy (non-hydrogen) atoms. The quantitative estimate of drug-likeness (QED) is 0.944. The first kappa shape index (κ1) is 15.8. The van der Waals surface area contributed by atoms with Crippen molar-refractivity contribution in [3.8, 4) is 17.1 Å². The van der Waals surface area contributed by atoms with Crippen LogP contribution in [0.25, 0.3) is 11.4 Å². The van der Waals surface area contributed by atoms with Crippen LogP contribution >= 0.6 is 12.4 Å². The number of nitrogens with one attached hydrogen (secondary N) is 1. The van der Waals surface area contributed by atoms with Crippen LogP contribution in [0.3, 0.4) is 0 Å². The van der Waals surface area contributed by atoms with E-state index in [4.69, 9.17) is 9.26 Å². The third-order valence-electron chi connectivity index (χ3n) is 3.76. The van der Waals surface area contributed by atoms with Gasteiger partial charge in [0.05, 0.1) is 7.11 Å². The standard InChI is InChI=1S/C15H19N3O2.ClH/c1-10-9-12(7-8-16-10)15-17-14(18-20-15)11-3-5-13(19-2)6-4-11;/h3-6,10,12,16H,7-9H2,1-2H3;1H/t10-,12-;/m0./s1. The Balaban J connectivity index is 0.00000161. The summed E-state index contributed by atoms with van der Waals surface area (Å²) in [4.78, 5) is 4.55. The molecule has 0 bridgehead atoms. The molecule has 2 aromatic rings. The molecule has 0 radical (unpaired) electrons. The molecule has 5 nitrogen and oxygen atoms in total. The van der Waals surface area contributed by atoms with Gasteiger partial charge in [-0.15, -0.1) is 12.4 Å². The van der Waals surface area contributed by atoms with Crippen molar-refractivity contribution in [3.05, 3.63) is 30.2 Å². The zero-order valence-electron chi connectivity index (χ0n) is 12.2. The van der Waals surface area contributed by atoms with Crippen LogP contribution in [0, 0.1) is 0 Å². The first-order chi connectivity index (χ1) is 9.76. The van der Waals surface area contributed by atoms with Crippen molar-refractivity contribution >= 4 is 12.4 Å². The van der Waals surface area contributed by atoms with Crippen molar-refractivity contribution in [1.82, 2.24) is 15.5 Å². The van der Waals surface area contributed by atoms with Crippen molar-refractivity contribution in [2.45, 2.75) is 31.7 Å². The van der Waals surface area contributed by atoms with Gasteiger partial charge in [-0.3, -0.25) is 0 Å². The highest BCUT2D eigenvalue weighted by molar-refractivity contribution is 5.85. The van der Waals surface area contributed by atoms with E-state index in [9.17, 15) is 0 Å². The SMILES string of the molecule is COc1ccc(-c2noc([C@H]3CCN[C@@H](C)C3)n2)cc1.Cl. The fourth-order valence-electron chi connectivity index (χ4n) is 2.61. The summed E-state index contributed by atoms with van der Waals surface area (Å²) < 4.78 is 10.6. The smallest absolute Gasteiger partial charge is 0.230 e. The molecular weight excluding hydrogens is 290 g/mol. The number of ether oxygens (including phenoxy) is 1. The average molecular weight is 310 g/mol. The summed E-state index contributed by atoms with van der Waals surface area (Å²) in [5.41, 5.74) is 0.947. The second-order valence-electron chi connectivity index (χ2n) is 5.26. The summed E-state index contributed by atoms with van der Waals surface area (Å²) in [6.07, 6.45) is 2.10. The molecule has 2 atom stereocenters. The average Bonchev–Trinajstić information content (AvgIpc) is 2.97. The Morgan fingerprint density at radius 3 is 2.71 bits per heavy atom. The molecule has 114 valence electrons. The Hall–Kier alpha value is -1.59. The zero-order chi connectivity index (χ0) is 13.9. The second-order valence-corrected chi connectivity index (χ2v) is 5.26. The van der Waals surface area contributed by atoms with E-state index >= 15 is 0 Å². The van der Waals surface area contributed by atoms with Crippen molar-refractivity contribution in [1.29, 1.82) is 0 Å². The van der Waals surface area contributed by atoms with Gasteiger partial charge in [0.2, 0.25) is 11.7 Å². The minimum atomic E-state index is 0. The Morgan fingerprint density at radius 2 is 2.05 bits per heavy atom. The summed E-state index contributed by atoms with van der Waals surface area (Å²) in [7, 11) is 1.65. The summed E-state index contributed by atoms with van der Waals surface area (Å²) >= 11 is 0. The van der Waals surface area contributed by atoms with Crippen LogP contribution in [0.2, 0.25) is 0 Å². The van der Waals surface area contributed by atoms with E-state index in [-0.39, 0.29) is 12.4 Å². The number of hydrogen-bond donors (Lipinski definition) is 1. The molecule has 0 unspecified atom stereocenters. The van der Waals surface area contributed by atoms with Crippen LogP contribution in [-0.2, 0) is 0 Å². The molecule has 3 rings (SSSR count). The number of halogens is 1. The monoisotopic (exact) mass is 309 g/mol. The molecule has 0 saturated carbocycles. The zero-order valence-corrected chi connectivity index (χ0v) is 13.0. The number of aromatic nitrogens is 2. The molecule has 1 aromatic carbocycles. The molecule has 1 N–H and O–H groups in total. The summed E-state index contributed by atoms with van der Waals surface area (Å²) in [6, 6.07) is 8.19. The fourth-order valence-corrected chi connectivity index (χ4v) is 2.61. The maximum atomic E-state index is 5.44. The molecule has 0 aliphatic carbocycles. The van der Waals surface area contributed by atoms with Crippen LogP contribution in [0.5, 0.6) is 5.75 Å². The van der Waals surface area contributed by atoms with Crippen LogP contribution in [0.1, 0.15) is 31.6 Å². The predicted octanol–water partition coefficient (Wildman–Crippen LogP) is 3.02. The highest BCUT2D eigenvalue weighted by Gasteiger charge is 2.25. The van der Waals surface area contributed by atoms with Crippen LogP contribution in [0.4, 0.5) is 0 Å². The highest BCUT2D eigenvalue weighted by atomic mass is 35.5. The van der Waals surface area contributed by atoms with Crippen molar-refractivity contribution < 1.29 is 9.26 Å². The minimum Gasteiger partial charge on any atom is -0.497 e. The lowest BCUT2D eigenvalue weighted by atomic mass is 9.93. The largest absolute Gasteiger partial charge is 0.497 e. The lowest BCUT2D eigenvalue weighted by molar-refractivity contribution is 0.295. The molecule has 1 saturated heterocycles. The molecule has 1 aliphatic rings. The minimum absolute atomic E-state index is 0. The third kappa shape index (κ3) is 3.54. The fraction of sp³-hybridized carbons (Fsp3) is 0.467. The van der Waals surface area contributed by atoms with Gasteiger partial charge in [0.25, 0.3) is 0 Å². The molecule has 1 fully saturated rings. The van der Waals surface area contributed by atoms with E-state index in [2.05, 4.69) is 22.4 Å². The number of hydrogen-bond acceptors (Lipinski definition) is 5. The lowest BCUT2D eigenvalue weighted by Gasteiger charge is -2.25. The van der Waals surface area contributed by atoms with Gasteiger partial charge >= 0.3 is 0 Å². The van der Waals surface area contributed by atoms with E-state index in [0.29, 0.717) is 17.8 Å². The van der Waals surface area contributed by atoms with Gasteiger partial charge in [-0.1, -0.05) is 5.16 Å². The molecule has 1 aliphatic heterocycles. The Morgan fingerprint density at radius 1 is 1.29 bits per heavy atom. The highest BCUT2D eigenvalue weighted by Crippen LogP contribution is 2.28. The number of nitrogens with zero attached hydrogens (tertiary/aromatic N) is 2. The number of benzene rings is 1. The van der Waals surface area contributed by atoms with Crippen molar-refractivity contribution in [3.63, 3.8) is 0 Å². The van der Waals surface area contributed by atoms with Crippen molar-refractivity contribution in [2.75, 3.05) is 13.7 Å².